The van der Waals surface area contributed by atoms with Gasteiger partial charge in [-0.1, -0.05) is 19.9 Å². The number of hydrogen-bond donors (Lipinski definition) is 1. The molecule has 0 aromatic carbocycles. The van der Waals surface area contributed by atoms with Crippen LogP contribution >= 0.6 is 0 Å². The third kappa shape index (κ3) is 7.25. The van der Waals surface area contributed by atoms with Gasteiger partial charge in [-0.2, -0.15) is 0 Å². The Bertz CT molecular complexity index is 338. The van der Waals surface area contributed by atoms with Crippen molar-refractivity contribution in [2.75, 3.05) is 27.3 Å². The third-order valence-corrected chi connectivity index (χ3v) is 2.92. The number of nitrogens with one attached hydrogen (secondary N) is 1. The lowest BCUT2D eigenvalue weighted by Crippen LogP contribution is -2.22. The molecule has 0 atom stereocenters. The van der Waals surface area contributed by atoms with Gasteiger partial charge < -0.3 is 15.0 Å². The molecule has 0 spiro atoms. The number of pyridine rings is 1. The maximum absolute atomic E-state index is 5.06. The summed E-state index contributed by atoms with van der Waals surface area (Å²) in [4.78, 5) is 6.78. The Kier molecular flexibility index (Phi) is 7.63. The van der Waals surface area contributed by atoms with Gasteiger partial charge in [-0.15, -0.1) is 0 Å². The molecule has 0 aliphatic rings. The first-order valence-electron chi connectivity index (χ1n) is 6.96. The number of aromatic nitrogens is 1. The van der Waals surface area contributed by atoms with E-state index >= 15 is 0 Å². The number of methoxy groups -OCH3 is 1. The quantitative estimate of drug-likeness (QED) is 0.693. The van der Waals surface area contributed by atoms with E-state index in [0.717, 1.165) is 38.4 Å². The first-order valence-corrected chi connectivity index (χ1v) is 6.96. The topological polar surface area (TPSA) is 37.4 Å². The normalized spacial score (nSPS) is 11.5. The summed E-state index contributed by atoms with van der Waals surface area (Å²) in [6, 6.07) is 4.77. The second-order valence-corrected chi connectivity index (χ2v) is 5.28. The molecule has 1 heterocycles. The van der Waals surface area contributed by atoms with Crippen LogP contribution in [0, 0.1) is 0 Å². The van der Waals surface area contributed by atoms with Crippen molar-refractivity contribution in [2.24, 2.45) is 0 Å². The Balaban J connectivity index is 2.34. The molecule has 0 aliphatic heterocycles. The van der Waals surface area contributed by atoms with Crippen LogP contribution in [0.3, 0.4) is 0 Å². The van der Waals surface area contributed by atoms with Crippen LogP contribution < -0.4 is 5.32 Å². The highest BCUT2D eigenvalue weighted by molar-refractivity contribution is 5.14. The lowest BCUT2D eigenvalue weighted by Gasteiger charge is -2.16. The Morgan fingerprint density at radius 1 is 1.37 bits per heavy atom. The van der Waals surface area contributed by atoms with Gasteiger partial charge in [0.15, 0.2) is 0 Å². The van der Waals surface area contributed by atoms with Gasteiger partial charge in [-0.25, -0.2) is 0 Å². The van der Waals surface area contributed by atoms with Gasteiger partial charge in [0, 0.05) is 45.6 Å². The fourth-order valence-electron chi connectivity index (χ4n) is 1.81. The molecule has 0 radical (unpaired) electrons. The second kappa shape index (κ2) is 9.02. The minimum Gasteiger partial charge on any atom is -0.385 e. The highest BCUT2D eigenvalue weighted by Gasteiger charge is 2.02. The molecule has 1 aromatic rings. The molecule has 4 heteroatoms. The summed E-state index contributed by atoms with van der Waals surface area (Å²) in [7, 11) is 3.86. The lowest BCUT2D eigenvalue weighted by molar-refractivity contribution is 0.178. The van der Waals surface area contributed by atoms with E-state index < -0.39 is 0 Å². The number of rotatable bonds is 9. The van der Waals surface area contributed by atoms with Crippen molar-refractivity contribution in [2.45, 2.75) is 39.4 Å². The summed E-state index contributed by atoms with van der Waals surface area (Å²) in [5.74, 6) is 0. The summed E-state index contributed by atoms with van der Waals surface area (Å²) < 4.78 is 5.06. The Hall–Kier alpha value is -0.970. The summed E-state index contributed by atoms with van der Waals surface area (Å²) in [5, 5.41) is 3.39. The summed E-state index contributed by atoms with van der Waals surface area (Å²) in [5.41, 5.74) is 2.35. The molecule has 0 saturated heterocycles. The predicted octanol–water partition coefficient (Wildman–Crippen LogP) is 2.05. The molecule has 0 bridgehead atoms. The van der Waals surface area contributed by atoms with Crippen LogP contribution in [0.4, 0.5) is 0 Å². The van der Waals surface area contributed by atoms with Gasteiger partial charge in [0.1, 0.15) is 0 Å². The molecule has 108 valence electrons. The predicted molar refractivity (Wildman–Crippen MR) is 79.0 cm³/mol. The number of hydrogen-bond acceptors (Lipinski definition) is 4. The van der Waals surface area contributed by atoms with Crippen molar-refractivity contribution in [3.05, 3.63) is 29.6 Å². The second-order valence-electron chi connectivity index (χ2n) is 5.28. The van der Waals surface area contributed by atoms with E-state index in [9.17, 15) is 0 Å². The van der Waals surface area contributed by atoms with E-state index in [1.54, 1.807) is 7.11 Å². The molecular formula is C15H27N3O. The fourth-order valence-corrected chi connectivity index (χ4v) is 1.81. The fraction of sp³-hybridized carbons (Fsp3) is 0.667. The smallest absolute Gasteiger partial charge is 0.0544 e. The lowest BCUT2D eigenvalue weighted by atomic mass is 10.2. The Labute approximate surface area is 117 Å². The van der Waals surface area contributed by atoms with Crippen molar-refractivity contribution in [1.82, 2.24) is 15.2 Å². The first-order chi connectivity index (χ1) is 9.11. The van der Waals surface area contributed by atoms with Crippen LogP contribution in [0.1, 0.15) is 31.5 Å². The summed E-state index contributed by atoms with van der Waals surface area (Å²) in [6.45, 7) is 7.92. The third-order valence-electron chi connectivity index (χ3n) is 2.92. The molecule has 19 heavy (non-hydrogen) atoms. The largest absolute Gasteiger partial charge is 0.385 e. The van der Waals surface area contributed by atoms with Gasteiger partial charge >= 0.3 is 0 Å². The Morgan fingerprint density at radius 3 is 2.74 bits per heavy atom. The number of ether oxygens (including phenoxy) is 1. The van der Waals surface area contributed by atoms with E-state index in [1.165, 1.54) is 5.56 Å². The molecule has 0 saturated carbocycles. The van der Waals surface area contributed by atoms with Crippen LogP contribution in [0.15, 0.2) is 18.3 Å². The standard InChI is InChI=1S/C15H27N3O/c1-13(2)16-10-14-6-7-15(17-11-14)12-18(3)8-5-9-19-4/h6-7,11,13,16H,5,8-10,12H2,1-4H3. The average Bonchev–Trinajstić information content (AvgIpc) is 2.38. The molecule has 1 rings (SSSR count). The van der Waals surface area contributed by atoms with E-state index in [2.05, 4.69) is 48.2 Å². The monoisotopic (exact) mass is 265 g/mol. The summed E-state index contributed by atoms with van der Waals surface area (Å²) in [6.07, 6.45) is 3.02. The minimum atomic E-state index is 0.506. The van der Waals surface area contributed by atoms with Crippen molar-refractivity contribution < 1.29 is 4.74 Å². The van der Waals surface area contributed by atoms with E-state index in [4.69, 9.17) is 4.74 Å². The molecular weight excluding hydrogens is 238 g/mol. The van der Waals surface area contributed by atoms with Gasteiger partial charge in [0.05, 0.1) is 5.69 Å². The van der Waals surface area contributed by atoms with Crippen LogP contribution in [0.2, 0.25) is 0 Å². The highest BCUT2D eigenvalue weighted by Crippen LogP contribution is 2.04. The van der Waals surface area contributed by atoms with Crippen molar-refractivity contribution in [3.8, 4) is 0 Å². The van der Waals surface area contributed by atoms with Crippen molar-refractivity contribution in [1.29, 1.82) is 0 Å². The van der Waals surface area contributed by atoms with Crippen molar-refractivity contribution in [3.63, 3.8) is 0 Å². The van der Waals surface area contributed by atoms with Crippen LogP contribution in [-0.2, 0) is 17.8 Å². The van der Waals surface area contributed by atoms with E-state index in [1.807, 2.05) is 6.20 Å². The SMILES string of the molecule is COCCCN(C)Cc1ccc(CNC(C)C)cn1. The van der Waals surface area contributed by atoms with Gasteiger partial charge in [-0.3, -0.25) is 4.98 Å². The van der Waals surface area contributed by atoms with Crippen LogP contribution in [0.5, 0.6) is 0 Å². The molecule has 1 aromatic heterocycles. The van der Waals surface area contributed by atoms with E-state index in [-0.39, 0.29) is 0 Å². The van der Waals surface area contributed by atoms with Gasteiger partial charge in [-0.05, 0) is 25.1 Å². The minimum absolute atomic E-state index is 0.506. The Morgan fingerprint density at radius 2 is 2.16 bits per heavy atom. The highest BCUT2D eigenvalue weighted by atomic mass is 16.5. The zero-order valence-corrected chi connectivity index (χ0v) is 12.6. The number of nitrogens with zero attached hydrogens (tertiary/aromatic N) is 2. The first kappa shape index (κ1) is 16.1. The average molecular weight is 265 g/mol. The van der Waals surface area contributed by atoms with Crippen LogP contribution in [-0.4, -0.2) is 43.2 Å². The van der Waals surface area contributed by atoms with Crippen LogP contribution in [0.25, 0.3) is 0 Å². The van der Waals surface area contributed by atoms with Gasteiger partial charge in [0.25, 0.3) is 0 Å². The molecule has 0 amide bonds. The molecule has 1 N–H and O–H groups in total. The van der Waals surface area contributed by atoms with Gasteiger partial charge in [0.2, 0.25) is 0 Å². The van der Waals surface area contributed by atoms with E-state index in [0.29, 0.717) is 6.04 Å². The summed E-state index contributed by atoms with van der Waals surface area (Å²) >= 11 is 0. The zero-order chi connectivity index (χ0) is 14.1. The zero-order valence-electron chi connectivity index (χ0n) is 12.6. The maximum atomic E-state index is 5.06. The maximum Gasteiger partial charge on any atom is 0.0544 e. The molecule has 4 nitrogen and oxygen atoms in total. The molecule has 0 fully saturated rings. The molecule has 0 unspecified atom stereocenters. The molecule has 0 aliphatic carbocycles. The van der Waals surface area contributed by atoms with Crippen molar-refractivity contribution >= 4 is 0 Å².